The van der Waals surface area contributed by atoms with Gasteiger partial charge in [-0.3, -0.25) is 0 Å². The molecule has 0 N–H and O–H groups in total. The summed E-state index contributed by atoms with van der Waals surface area (Å²) in [5, 5.41) is 4.99. The van der Waals surface area contributed by atoms with Crippen molar-refractivity contribution in [2.45, 2.75) is 25.7 Å². The highest BCUT2D eigenvalue weighted by atomic mass is 16.3. The van der Waals surface area contributed by atoms with E-state index in [1.807, 2.05) is 6.07 Å². The van der Waals surface area contributed by atoms with E-state index in [2.05, 4.69) is 105 Å². The van der Waals surface area contributed by atoms with Crippen molar-refractivity contribution in [3.63, 3.8) is 0 Å². The molecular formula is C32H24O. The lowest BCUT2D eigenvalue weighted by molar-refractivity contribution is 0.660. The van der Waals surface area contributed by atoms with Gasteiger partial charge in [0.05, 0.1) is 0 Å². The Kier molecular flexibility index (Phi) is 3.73. The summed E-state index contributed by atoms with van der Waals surface area (Å²) in [7, 11) is 0. The van der Waals surface area contributed by atoms with Crippen LogP contribution in [0.2, 0.25) is 0 Å². The molecule has 1 heteroatoms. The molecule has 1 nitrogen and oxygen atoms in total. The summed E-state index contributed by atoms with van der Waals surface area (Å²) in [4.78, 5) is 0. The lowest BCUT2D eigenvalue weighted by Crippen LogP contribution is -2.14. The quantitative estimate of drug-likeness (QED) is 0.271. The second-order valence-electron chi connectivity index (χ2n) is 9.74. The smallest absolute Gasteiger partial charge is 0.136 e. The summed E-state index contributed by atoms with van der Waals surface area (Å²) in [6.45, 7) is 4.70. The second kappa shape index (κ2) is 6.59. The Morgan fingerprint density at radius 3 is 2.30 bits per heavy atom. The number of hydrogen-bond acceptors (Lipinski definition) is 1. The topological polar surface area (TPSA) is 13.1 Å². The molecule has 0 spiro atoms. The molecular weight excluding hydrogens is 400 g/mol. The third-order valence-electron chi connectivity index (χ3n) is 7.54. The molecule has 6 aromatic rings. The standard InChI is InChI=1S/C32H24O/c1-32(2)25-14-5-3-12-23(25)30-22(11-8-15-26(30)32)19-21-10-7-9-20-17-18-28-31(29(20)21)24-13-4-6-16-27(24)33-28/h3-18H,19H2,1-2H3. The summed E-state index contributed by atoms with van der Waals surface area (Å²) in [5.74, 6) is 0. The van der Waals surface area contributed by atoms with E-state index < -0.39 is 0 Å². The Hall–Kier alpha value is -3.84. The largest absolute Gasteiger partial charge is 0.456 e. The van der Waals surface area contributed by atoms with Gasteiger partial charge < -0.3 is 4.42 Å². The van der Waals surface area contributed by atoms with Gasteiger partial charge >= 0.3 is 0 Å². The third-order valence-corrected chi connectivity index (χ3v) is 7.54. The highest BCUT2D eigenvalue weighted by molar-refractivity contribution is 6.19. The van der Waals surface area contributed by atoms with E-state index in [1.54, 1.807) is 0 Å². The molecule has 0 unspecified atom stereocenters. The molecule has 1 aromatic heterocycles. The first kappa shape index (κ1) is 18.7. The van der Waals surface area contributed by atoms with Gasteiger partial charge in [-0.25, -0.2) is 0 Å². The van der Waals surface area contributed by atoms with Gasteiger partial charge in [0.1, 0.15) is 11.2 Å². The van der Waals surface area contributed by atoms with Gasteiger partial charge in [-0.1, -0.05) is 98.8 Å². The monoisotopic (exact) mass is 424 g/mol. The lowest BCUT2D eigenvalue weighted by atomic mass is 9.82. The fraction of sp³-hybridized carbons (Fsp3) is 0.125. The molecule has 1 aliphatic carbocycles. The molecule has 7 rings (SSSR count). The van der Waals surface area contributed by atoms with Crippen LogP contribution < -0.4 is 0 Å². The first-order chi connectivity index (χ1) is 16.1. The van der Waals surface area contributed by atoms with Crippen LogP contribution in [0.25, 0.3) is 43.8 Å². The van der Waals surface area contributed by atoms with Crippen molar-refractivity contribution in [2.75, 3.05) is 0 Å². The van der Waals surface area contributed by atoms with Crippen molar-refractivity contribution in [3.05, 3.63) is 119 Å². The van der Waals surface area contributed by atoms with E-state index in [-0.39, 0.29) is 5.41 Å². The predicted molar refractivity (Wildman–Crippen MR) is 138 cm³/mol. The summed E-state index contributed by atoms with van der Waals surface area (Å²) < 4.78 is 6.21. The Morgan fingerprint density at radius 1 is 0.606 bits per heavy atom. The summed E-state index contributed by atoms with van der Waals surface area (Å²) in [5.41, 5.74) is 10.3. The molecule has 0 radical (unpaired) electrons. The van der Waals surface area contributed by atoms with Crippen LogP contribution in [0.5, 0.6) is 0 Å². The predicted octanol–water partition coefficient (Wildman–Crippen LogP) is 8.64. The average molecular weight is 425 g/mol. The molecule has 1 heterocycles. The van der Waals surface area contributed by atoms with Crippen molar-refractivity contribution in [1.29, 1.82) is 0 Å². The van der Waals surface area contributed by atoms with E-state index in [0.29, 0.717) is 0 Å². The van der Waals surface area contributed by atoms with Crippen molar-refractivity contribution in [2.24, 2.45) is 0 Å². The number of hydrogen-bond donors (Lipinski definition) is 0. The first-order valence-corrected chi connectivity index (χ1v) is 11.7. The normalized spacial score (nSPS) is 14.1. The van der Waals surface area contributed by atoms with Crippen LogP contribution in [-0.4, -0.2) is 0 Å². The Bertz CT molecular complexity index is 1710. The minimum absolute atomic E-state index is 0.0225. The summed E-state index contributed by atoms with van der Waals surface area (Å²) >= 11 is 0. The Labute approximate surface area is 193 Å². The molecule has 0 bridgehead atoms. The Balaban J connectivity index is 1.50. The highest BCUT2D eigenvalue weighted by Gasteiger charge is 2.36. The van der Waals surface area contributed by atoms with Gasteiger partial charge in [0.25, 0.3) is 0 Å². The van der Waals surface area contributed by atoms with E-state index in [4.69, 9.17) is 4.42 Å². The molecule has 0 atom stereocenters. The number of fused-ring (bicyclic) bond motifs is 8. The van der Waals surface area contributed by atoms with Crippen LogP contribution in [0.15, 0.2) is 101 Å². The molecule has 158 valence electrons. The van der Waals surface area contributed by atoms with Gasteiger partial charge in [0, 0.05) is 16.2 Å². The fourth-order valence-electron chi connectivity index (χ4n) is 6.00. The van der Waals surface area contributed by atoms with E-state index in [9.17, 15) is 0 Å². The molecule has 0 fully saturated rings. The van der Waals surface area contributed by atoms with Crippen molar-refractivity contribution in [1.82, 2.24) is 0 Å². The van der Waals surface area contributed by atoms with Gasteiger partial charge in [-0.05, 0) is 62.7 Å². The zero-order valence-corrected chi connectivity index (χ0v) is 18.9. The van der Waals surface area contributed by atoms with Crippen molar-refractivity contribution in [3.8, 4) is 11.1 Å². The summed E-state index contributed by atoms with van der Waals surface area (Å²) in [6.07, 6.45) is 0.892. The van der Waals surface area contributed by atoms with Crippen LogP contribution in [0.3, 0.4) is 0 Å². The maximum atomic E-state index is 6.21. The van der Waals surface area contributed by atoms with E-state index in [0.717, 1.165) is 17.6 Å². The minimum atomic E-state index is 0.0225. The third kappa shape index (κ3) is 2.54. The van der Waals surface area contributed by atoms with Crippen LogP contribution in [0.1, 0.15) is 36.1 Å². The SMILES string of the molecule is CC1(C)c2ccccc2-c2c(Cc3cccc4ccc5oc6ccccc6c5c34)cccc21. The zero-order valence-electron chi connectivity index (χ0n) is 18.9. The lowest BCUT2D eigenvalue weighted by Gasteiger charge is -2.21. The maximum Gasteiger partial charge on any atom is 0.136 e. The molecule has 0 amide bonds. The summed E-state index contributed by atoms with van der Waals surface area (Å²) in [6, 6.07) is 35.1. The van der Waals surface area contributed by atoms with Crippen LogP contribution in [0, 0.1) is 0 Å². The number of para-hydroxylation sites is 1. The van der Waals surface area contributed by atoms with E-state index in [1.165, 1.54) is 54.9 Å². The van der Waals surface area contributed by atoms with Gasteiger partial charge in [-0.2, -0.15) is 0 Å². The van der Waals surface area contributed by atoms with E-state index >= 15 is 0 Å². The zero-order chi connectivity index (χ0) is 22.2. The minimum Gasteiger partial charge on any atom is -0.456 e. The molecule has 0 saturated heterocycles. The second-order valence-corrected chi connectivity index (χ2v) is 9.74. The first-order valence-electron chi connectivity index (χ1n) is 11.7. The molecule has 5 aromatic carbocycles. The number of furan rings is 1. The molecule has 0 saturated carbocycles. The Morgan fingerprint density at radius 2 is 1.36 bits per heavy atom. The van der Waals surface area contributed by atoms with Gasteiger partial charge in [0.15, 0.2) is 0 Å². The van der Waals surface area contributed by atoms with Gasteiger partial charge in [-0.15, -0.1) is 0 Å². The number of benzene rings is 5. The molecule has 33 heavy (non-hydrogen) atoms. The molecule has 0 aliphatic heterocycles. The van der Waals surface area contributed by atoms with Crippen molar-refractivity contribution >= 4 is 32.7 Å². The van der Waals surface area contributed by atoms with Crippen molar-refractivity contribution < 1.29 is 4.42 Å². The average Bonchev–Trinajstić information content (AvgIpc) is 3.33. The fourth-order valence-corrected chi connectivity index (χ4v) is 6.00. The van der Waals surface area contributed by atoms with Crippen LogP contribution in [-0.2, 0) is 11.8 Å². The van der Waals surface area contributed by atoms with Gasteiger partial charge in [0.2, 0.25) is 0 Å². The van der Waals surface area contributed by atoms with Crippen LogP contribution >= 0.6 is 0 Å². The number of rotatable bonds is 2. The maximum absolute atomic E-state index is 6.21. The molecule has 1 aliphatic rings. The highest BCUT2D eigenvalue weighted by Crippen LogP contribution is 2.50. The van der Waals surface area contributed by atoms with Crippen LogP contribution in [0.4, 0.5) is 0 Å².